The molecule has 1 aliphatic rings. The SMILES string of the molecule is CCCc1noc(CC2CCNC2)n1. The molecule has 2 rings (SSSR count). The van der Waals surface area contributed by atoms with Crippen molar-refractivity contribution in [2.75, 3.05) is 13.1 Å². The van der Waals surface area contributed by atoms with Gasteiger partial charge in [-0.2, -0.15) is 4.98 Å². The van der Waals surface area contributed by atoms with Gasteiger partial charge in [0.05, 0.1) is 0 Å². The Balaban J connectivity index is 1.88. The average Bonchev–Trinajstić information content (AvgIpc) is 2.79. The summed E-state index contributed by atoms with van der Waals surface area (Å²) in [5, 5.41) is 7.28. The van der Waals surface area contributed by atoms with Gasteiger partial charge in [-0.15, -0.1) is 0 Å². The van der Waals surface area contributed by atoms with Crippen LogP contribution in [0.1, 0.15) is 31.5 Å². The van der Waals surface area contributed by atoms with E-state index in [-0.39, 0.29) is 0 Å². The Labute approximate surface area is 84.1 Å². The minimum Gasteiger partial charge on any atom is -0.339 e. The molecule has 0 aliphatic carbocycles. The Morgan fingerprint density at radius 1 is 1.57 bits per heavy atom. The molecular weight excluding hydrogens is 178 g/mol. The zero-order chi connectivity index (χ0) is 9.80. The average molecular weight is 195 g/mol. The summed E-state index contributed by atoms with van der Waals surface area (Å²) >= 11 is 0. The molecule has 1 N–H and O–H groups in total. The summed E-state index contributed by atoms with van der Waals surface area (Å²) in [5.74, 6) is 2.35. The topological polar surface area (TPSA) is 51.0 Å². The van der Waals surface area contributed by atoms with Crippen molar-refractivity contribution in [1.82, 2.24) is 15.5 Å². The van der Waals surface area contributed by atoms with Gasteiger partial charge in [0.2, 0.25) is 5.89 Å². The van der Waals surface area contributed by atoms with Crippen molar-refractivity contribution in [3.05, 3.63) is 11.7 Å². The quantitative estimate of drug-likeness (QED) is 0.783. The highest BCUT2D eigenvalue weighted by Gasteiger charge is 2.18. The standard InChI is InChI=1S/C10H17N3O/c1-2-3-9-12-10(14-13-9)6-8-4-5-11-7-8/h8,11H,2-7H2,1H3. The Morgan fingerprint density at radius 2 is 2.50 bits per heavy atom. The second kappa shape index (κ2) is 4.55. The lowest BCUT2D eigenvalue weighted by Gasteiger charge is -2.01. The molecule has 0 radical (unpaired) electrons. The number of nitrogens with one attached hydrogen (secondary N) is 1. The van der Waals surface area contributed by atoms with E-state index in [1.807, 2.05) is 0 Å². The Morgan fingerprint density at radius 3 is 3.21 bits per heavy atom. The number of nitrogens with zero attached hydrogens (tertiary/aromatic N) is 2. The lowest BCUT2D eigenvalue weighted by molar-refractivity contribution is 0.353. The van der Waals surface area contributed by atoms with Gasteiger partial charge >= 0.3 is 0 Å². The highest BCUT2D eigenvalue weighted by Crippen LogP contribution is 2.13. The number of hydrogen-bond acceptors (Lipinski definition) is 4. The summed E-state index contributed by atoms with van der Waals surface area (Å²) in [6.07, 6.45) is 4.16. The van der Waals surface area contributed by atoms with Crippen LogP contribution in [-0.4, -0.2) is 23.2 Å². The molecule has 78 valence electrons. The molecular formula is C10H17N3O. The molecule has 1 aliphatic heterocycles. The fraction of sp³-hybridized carbons (Fsp3) is 0.800. The van der Waals surface area contributed by atoms with E-state index in [1.165, 1.54) is 6.42 Å². The first kappa shape index (κ1) is 9.65. The first-order valence-electron chi connectivity index (χ1n) is 5.40. The zero-order valence-electron chi connectivity index (χ0n) is 8.62. The Kier molecular flexibility index (Phi) is 3.14. The van der Waals surface area contributed by atoms with Gasteiger partial charge in [-0.1, -0.05) is 12.1 Å². The van der Waals surface area contributed by atoms with E-state index in [0.717, 1.165) is 44.1 Å². The third kappa shape index (κ3) is 2.32. The lowest BCUT2D eigenvalue weighted by Crippen LogP contribution is -2.10. The molecule has 4 heteroatoms. The van der Waals surface area contributed by atoms with Crippen molar-refractivity contribution in [3.8, 4) is 0 Å². The van der Waals surface area contributed by atoms with Crippen LogP contribution < -0.4 is 5.32 Å². The first-order chi connectivity index (χ1) is 6.88. The second-order valence-corrected chi connectivity index (χ2v) is 3.92. The minimum atomic E-state index is 0.685. The van der Waals surface area contributed by atoms with E-state index in [1.54, 1.807) is 0 Å². The molecule has 1 saturated heterocycles. The maximum absolute atomic E-state index is 5.19. The van der Waals surface area contributed by atoms with Gasteiger partial charge in [-0.3, -0.25) is 0 Å². The molecule has 4 nitrogen and oxygen atoms in total. The molecule has 0 amide bonds. The van der Waals surface area contributed by atoms with Crippen molar-refractivity contribution in [2.24, 2.45) is 5.92 Å². The van der Waals surface area contributed by atoms with Crippen LogP contribution in [-0.2, 0) is 12.8 Å². The van der Waals surface area contributed by atoms with E-state index in [2.05, 4.69) is 22.4 Å². The van der Waals surface area contributed by atoms with Gasteiger partial charge in [-0.05, 0) is 31.8 Å². The summed E-state index contributed by atoms with van der Waals surface area (Å²) in [7, 11) is 0. The highest BCUT2D eigenvalue weighted by atomic mass is 16.5. The van der Waals surface area contributed by atoms with Crippen LogP contribution in [0, 0.1) is 5.92 Å². The molecule has 0 aromatic carbocycles. The predicted molar refractivity (Wildman–Crippen MR) is 53.0 cm³/mol. The monoisotopic (exact) mass is 195 g/mol. The lowest BCUT2D eigenvalue weighted by atomic mass is 10.1. The largest absolute Gasteiger partial charge is 0.339 e. The number of hydrogen-bond donors (Lipinski definition) is 1. The molecule has 0 spiro atoms. The predicted octanol–water partition coefficient (Wildman–Crippen LogP) is 1.17. The molecule has 1 aromatic heterocycles. The minimum absolute atomic E-state index is 0.685. The van der Waals surface area contributed by atoms with Gasteiger partial charge in [0.15, 0.2) is 5.82 Å². The number of aryl methyl sites for hydroxylation is 1. The Hall–Kier alpha value is -0.900. The molecule has 2 heterocycles. The fourth-order valence-electron chi connectivity index (χ4n) is 1.83. The van der Waals surface area contributed by atoms with Crippen LogP contribution in [0.2, 0.25) is 0 Å². The molecule has 0 bridgehead atoms. The van der Waals surface area contributed by atoms with Crippen molar-refractivity contribution in [1.29, 1.82) is 0 Å². The fourth-order valence-corrected chi connectivity index (χ4v) is 1.83. The van der Waals surface area contributed by atoms with E-state index in [9.17, 15) is 0 Å². The molecule has 1 fully saturated rings. The van der Waals surface area contributed by atoms with Gasteiger partial charge in [0.1, 0.15) is 0 Å². The third-order valence-electron chi connectivity index (χ3n) is 2.61. The maximum atomic E-state index is 5.19. The first-order valence-corrected chi connectivity index (χ1v) is 5.40. The van der Waals surface area contributed by atoms with Crippen molar-refractivity contribution in [2.45, 2.75) is 32.6 Å². The van der Waals surface area contributed by atoms with E-state index < -0.39 is 0 Å². The van der Waals surface area contributed by atoms with Crippen LogP contribution >= 0.6 is 0 Å². The van der Waals surface area contributed by atoms with E-state index >= 15 is 0 Å². The van der Waals surface area contributed by atoms with Crippen molar-refractivity contribution >= 4 is 0 Å². The highest BCUT2D eigenvalue weighted by molar-refractivity contribution is 4.89. The summed E-state index contributed by atoms with van der Waals surface area (Å²) in [6, 6.07) is 0. The van der Waals surface area contributed by atoms with Crippen LogP contribution in [0.5, 0.6) is 0 Å². The number of rotatable bonds is 4. The zero-order valence-corrected chi connectivity index (χ0v) is 8.62. The normalized spacial score (nSPS) is 21.6. The van der Waals surface area contributed by atoms with Gasteiger partial charge < -0.3 is 9.84 Å². The second-order valence-electron chi connectivity index (χ2n) is 3.92. The summed E-state index contributed by atoms with van der Waals surface area (Å²) in [4.78, 5) is 4.36. The van der Waals surface area contributed by atoms with Crippen LogP contribution in [0.25, 0.3) is 0 Å². The molecule has 1 unspecified atom stereocenters. The van der Waals surface area contributed by atoms with Crippen molar-refractivity contribution in [3.63, 3.8) is 0 Å². The molecule has 1 atom stereocenters. The molecule has 1 aromatic rings. The van der Waals surface area contributed by atoms with Gasteiger partial charge in [-0.25, -0.2) is 0 Å². The Bertz CT molecular complexity index is 279. The van der Waals surface area contributed by atoms with E-state index in [4.69, 9.17) is 4.52 Å². The van der Waals surface area contributed by atoms with Gasteiger partial charge in [0, 0.05) is 12.8 Å². The molecule has 14 heavy (non-hydrogen) atoms. The maximum Gasteiger partial charge on any atom is 0.226 e. The van der Waals surface area contributed by atoms with Crippen LogP contribution in [0.3, 0.4) is 0 Å². The van der Waals surface area contributed by atoms with Crippen LogP contribution in [0.4, 0.5) is 0 Å². The summed E-state index contributed by atoms with van der Waals surface area (Å²) in [6.45, 7) is 4.34. The summed E-state index contributed by atoms with van der Waals surface area (Å²) in [5.41, 5.74) is 0. The van der Waals surface area contributed by atoms with Crippen molar-refractivity contribution < 1.29 is 4.52 Å². The van der Waals surface area contributed by atoms with E-state index in [0.29, 0.717) is 5.92 Å². The number of aromatic nitrogens is 2. The van der Waals surface area contributed by atoms with Crippen LogP contribution in [0.15, 0.2) is 4.52 Å². The smallest absolute Gasteiger partial charge is 0.226 e. The molecule has 0 saturated carbocycles. The summed E-state index contributed by atoms with van der Waals surface area (Å²) < 4.78 is 5.19. The third-order valence-corrected chi connectivity index (χ3v) is 2.61. The van der Waals surface area contributed by atoms with Gasteiger partial charge in [0.25, 0.3) is 0 Å².